The smallest absolute Gasteiger partial charge is 0.265 e. The third-order valence-electron chi connectivity index (χ3n) is 3.15. The van der Waals surface area contributed by atoms with Crippen LogP contribution in [0.3, 0.4) is 0 Å². The van der Waals surface area contributed by atoms with E-state index in [1.165, 1.54) is 15.9 Å². The molecular weight excluding hydrogens is 298 g/mol. The van der Waals surface area contributed by atoms with Crippen molar-refractivity contribution in [2.24, 2.45) is 0 Å². The second-order valence-corrected chi connectivity index (χ2v) is 5.52. The molecule has 0 saturated carbocycles. The quantitative estimate of drug-likeness (QED) is 0.568. The van der Waals surface area contributed by atoms with Gasteiger partial charge in [0.25, 0.3) is 0 Å². The first kappa shape index (κ1) is 12.8. The molecule has 4 aromatic rings. The van der Waals surface area contributed by atoms with Crippen molar-refractivity contribution in [2.45, 2.75) is 0 Å². The molecule has 4 rings (SSSR count). The molecule has 0 aliphatic carbocycles. The fraction of sp³-hybridized carbons (Fsp3) is 0. The Bertz CT molecular complexity index is 995. The molecule has 22 heavy (non-hydrogen) atoms. The second kappa shape index (κ2) is 5.12. The molecule has 0 aliphatic heterocycles. The highest BCUT2D eigenvalue weighted by Gasteiger charge is 2.14. The van der Waals surface area contributed by atoms with Gasteiger partial charge in [-0.3, -0.25) is 9.78 Å². The number of benzene rings is 1. The van der Waals surface area contributed by atoms with Gasteiger partial charge < -0.3 is 0 Å². The third-order valence-corrected chi connectivity index (χ3v) is 4.09. The van der Waals surface area contributed by atoms with Gasteiger partial charge in [0, 0.05) is 23.5 Å². The number of hydrogen-bond acceptors (Lipinski definition) is 6. The van der Waals surface area contributed by atoms with E-state index in [2.05, 4.69) is 20.3 Å². The summed E-state index contributed by atoms with van der Waals surface area (Å²) in [6.45, 7) is 0. The van der Waals surface area contributed by atoms with Crippen LogP contribution in [-0.4, -0.2) is 24.8 Å². The van der Waals surface area contributed by atoms with E-state index >= 15 is 0 Å². The average Bonchev–Trinajstić information content (AvgIpc) is 3.02. The highest BCUT2D eigenvalue weighted by atomic mass is 32.1. The van der Waals surface area contributed by atoms with E-state index in [4.69, 9.17) is 0 Å². The topological polar surface area (TPSA) is 73.0 Å². The van der Waals surface area contributed by atoms with Gasteiger partial charge in [0.2, 0.25) is 4.96 Å². The SMILES string of the molecule is O=c1c(-c2ccccc2)nnc2sc(-c3cccnc3)nn12. The van der Waals surface area contributed by atoms with E-state index in [1.54, 1.807) is 12.4 Å². The number of fused-ring (bicyclic) bond motifs is 1. The molecular formula is C15H9N5OS. The van der Waals surface area contributed by atoms with Gasteiger partial charge in [-0.05, 0) is 12.1 Å². The minimum Gasteiger partial charge on any atom is -0.265 e. The molecule has 106 valence electrons. The zero-order chi connectivity index (χ0) is 14.9. The lowest BCUT2D eigenvalue weighted by molar-refractivity contribution is 0.862. The molecule has 0 amide bonds. The molecule has 0 N–H and O–H groups in total. The van der Waals surface area contributed by atoms with E-state index in [0.717, 1.165) is 11.1 Å². The van der Waals surface area contributed by atoms with Crippen molar-refractivity contribution in [1.29, 1.82) is 0 Å². The summed E-state index contributed by atoms with van der Waals surface area (Å²) in [7, 11) is 0. The predicted molar refractivity (Wildman–Crippen MR) is 83.6 cm³/mol. The molecule has 3 heterocycles. The van der Waals surface area contributed by atoms with Crippen molar-refractivity contribution in [2.75, 3.05) is 0 Å². The van der Waals surface area contributed by atoms with E-state index < -0.39 is 0 Å². The maximum absolute atomic E-state index is 12.6. The summed E-state index contributed by atoms with van der Waals surface area (Å²) in [4.78, 5) is 17.1. The summed E-state index contributed by atoms with van der Waals surface area (Å²) < 4.78 is 1.29. The van der Waals surface area contributed by atoms with Crippen LogP contribution < -0.4 is 5.56 Å². The van der Waals surface area contributed by atoms with Crippen LogP contribution in [0.5, 0.6) is 0 Å². The zero-order valence-electron chi connectivity index (χ0n) is 11.2. The molecule has 0 unspecified atom stereocenters. The standard InChI is InChI=1S/C15H9N5OS/c21-14-12(10-5-2-1-3-6-10)17-18-15-20(14)19-13(22-15)11-7-4-8-16-9-11/h1-9H. The van der Waals surface area contributed by atoms with Crippen LogP contribution in [0.25, 0.3) is 26.8 Å². The summed E-state index contributed by atoms with van der Waals surface area (Å²) in [6, 6.07) is 13.0. The van der Waals surface area contributed by atoms with Gasteiger partial charge >= 0.3 is 5.56 Å². The van der Waals surface area contributed by atoms with Gasteiger partial charge in [-0.15, -0.1) is 10.2 Å². The number of aromatic nitrogens is 5. The molecule has 0 saturated heterocycles. The van der Waals surface area contributed by atoms with E-state index in [1.807, 2.05) is 42.5 Å². The first-order valence-electron chi connectivity index (χ1n) is 6.55. The van der Waals surface area contributed by atoms with Crippen LogP contribution in [0.1, 0.15) is 0 Å². The van der Waals surface area contributed by atoms with Crippen LogP contribution in [0.2, 0.25) is 0 Å². The molecule has 0 atom stereocenters. The fourth-order valence-electron chi connectivity index (χ4n) is 2.10. The van der Waals surface area contributed by atoms with Gasteiger partial charge in [0.05, 0.1) is 0 Å². The molecule has 1 aromatic carbocycles. The first-order valence-corrected chi connectivity index (χ1v) is 7.37. The van der Waals surface area contributed by atoms with Crippen molar-refractivity contribution in [3.05, 3.63) is 65.2 Å². The Morgan fingerprint density at radius 3 is 2.55 bits per heavy atom. The highest BCUT2D eigenvalue weighted by Crippen LogP contribution is 2.23. The van der Waals surface area contributed by atoms with E-state index in [0.29, 0.717) is 15.7 Å². The molecule has 7 heteroatoms. The Hall–Kier alpha value is -2.93. The Kier molecular flexibility index (Phi) is 2.97. The Labute approximate surface area is 128 Å². The lowest BCUT2D eigenvalue weighted by Gasteiger charge is -1.97. The van der Waals surface area contributed by atoms with Crippen molar-refractivity contribution in [3.8, 4) is 21.8 Å². The van der Waals surface area contributed by atoms with E-state index in [9.17, 15) is 4.79 Å². The van der Waals surface area contributed by atoms with Crippen molar-refractivity contribution >= 4 is 16.3 Å². The van der Waals surface area contributed by atoms with Crippen molar-refractivity contribution < 1.29 is 0 Å². The Morgan fingerprint density at radius 2 is 1.77 bits per heavy atom. The first-order chi connectivity index (χ1) is 10.8. The number of pyridine rings is 1. The molecule has 0 fully saturated rings. The van der Waals surface area contributed by atoms with Gasteiger partial charge in [-0.2, -0.15) is 9.61 Å². The second-order valence-electron chi connectivity index (χ2n) is 4.56. The van der Waals surface area contributed by atoms with Crippen molar-refractivity contribution in [1.82, 2.24) is 24.8 Å². The summed E-state index contributed by atoms with van der Waals surface area (Å²) in [6.07, 6.45) is 3.39. The van der Waals surface area contributed by atoms with Gasteiger partial charge in [-0.25, -0.2) is 0 Å². The monoisotopic (exact) mass is 307 g/mol. The molecule has 0 aliphatic rings. The van der Waals surface area contributed by atoms with Gasteiger partial charge in [-0.1, -0.05) is 41.7 Å². The minimum absolute atomic E-state index is 0.275. The van der Waals surface area contributed by atoms with Crippen LogP contribution in [0.15, 0.2) is 59.7 Å². The molecule has 0 bridgehead atoms. The Morgan fingerprint density at radius 1 is 0.955 bits per heavy atom. The maximum Gasteiger partial charge on any atom is 0.302 e. The molecule has 0 spiro atoms. The minimum atomic E-state index is -0.275. The van der Waals surface area contributed by atoms with Gasteiger partial charge in [0.15, 0.2) is 5.69 Å². The lowest BCUT2D eigenvalue weighted by atomic mass is 10.2. The summed E-state index contributed by atoms with van der Waals surface area (Å²) in [5.74, 6) is 0. The van der Waals surface area contributed by atoms with E-state index in [-0.39, 0.29) is 5.56 Å². The molecule has 6 nitrogen and oxygen atoms in total. The number of rotatable bonds is 2. The summed E-state index contributed by atoms with van der Waals surface area (Å²) in [5, 5.41) is 13.2. The third kappa shape index (κ3) is 2.08. The molecule has 3 aromatic heterocycles. The van der Waals surface area contributed by atoms with Gasteiger partial charge in [0.1, 0.15) is 5.01 Å². The fourth-order valence-corrected chi connectivity index (χ4v) is 2.92. The van der Waals surface area contributed by atoms with Crippen LogP contribution in [0, 0.1) is 0 Å². The van der Waals surface area contributed by atoms with Crippen LogP contribution in [-0.2, 0) is 0 Å². The number of nitrogens with zero attached hydrogens (tertiary/aromatic N) is 5. The lowest BCUT2D eigenvalue weighted by Crippen LogP contribution is -2.19. The Balaban J connectivity index is 1.92. The predicted octanol–water partition coefficient (Wildman–Crippen LogP) is 2.27. The number of hydrogen-bond donors (Lipinski definition) is 0. The van der Waals surface area contributed by atoms with Crippen molar-refractivity contribution in [3.63, 3.8) is 0 Å². The molecule has 0 radical (unpaired) electrons. The van der Waals surface area contributed by atoms with Crippen LogP contribution in [0.4, 0.5) is 0 Å². The summed E-state index contributed by atoms with van der Waals surface area (Å²) in [5.41, 5.74) is 1.59. The zero-order valence-corrected chi connectivity index (χ0v) is 12.1. The average molecular weight is 307 g/mol. The summed E-state index contributed by atoms with van der Waals surface area (Å²) >= 11 is 1.31. The highest BCUT2D eigenvalue weighted by molar-refractivity contribution is 7.19. The maximum atomic E-state index is 12.6. The largest absolute Gasteiger partial charge is 0.302 e. The normalized spacial score (nSPS) is 10.9. The van der Waals surface area contributed by atoms with Crippen LogP contribution >= 0.6 is 11.3 Å².